The van der Waals surface area contributed by atoms with Gasteiger partial charge in [-0.25, -0.2) is 4.79 Å². The van der Waals surface area contributed by atoms with E-state index in [-0.39, 0.29) is 11.7 Å². The summed E-state index contributed by atoms with van der Waals surface area (Å²) in [5.41, 5.74) is 5.28. The Morgan fingerprint density at radius 3 is 2.06 bits per heavy atom. The Labute approximate surface area is 216 Å². The van der Waals surface area contributed by atoms with Crippen LogP contribution in [0.1, 0.15) is 45.7 Å². The van der Waals surface area contributed by atoms with Crippen LogP contribution in [0.2, 0.25) is 0 Å². The summed E-state index contributed by atoms with van der Waals surface area (Å²) < 4.78 is 6.08. The number of carbonyl (C=O) groups excluding carboxylic acids is 2. The van der Waals surface area contributed by atoms with E-state index in [1.165, 1.54) is 4.90 Å². The predicted molar refractivity (Wildman–Crippen MR) is 151 cm³/mol. The number of anilines is 2. The largest absolute Gasteiger partial charge is 0.422 e. The van der Waals surface area contributed by atoms with Crippen LogP contribution >= 0.6 is 10.0 Å². The van der Waals surface area contributed by atoms with E-state index in [2.05, 4.69) is 46.6 Å². The first-order valence-corrected chi connectivity index (χ1v) is 14.6. The van der Waals surface area contributed by atoms with Gasteiger partial charge in [0.2, 0.25) is 0 Å². The first-order chi connectivity index (χ1) is 16.9. The number of rotatable bonds is 4. The monoisotopic (exact) mass is 504 g/mol. The van der Waals surface area contributed by atoms with Crippen molar-refractivity contribution in [1.82, 2.24) is 0 Å². The van der Waals surface area contributed by atoms with Crippen molar-refractivity contribution in [3.8, 4) is 5.75 Å². The van der Waals surface area contributed by atoms with Gasteiger partial charge in [0.05, 0.1) is 5.56 Å². The fourth-order valence-electron chi connectivity index (χ4n) is 4.60. The number of hydrogen-bond donors (Lipinski definition) is 0. The summed E-state index contributed by atoms with van der Waals surface area (Å²) >= 11 is 0. The number of benzene rings is 3. The molecule has 1 aliphatic rings. The predicted octanol–water partition coefficient (Wildman–Crippen LogP) is 6.26. The van der Waals surface area contributed by atoms with Crippen LogP contribution in [0.5, 0.6) is 5.75 Å². The van der Waals surface area contributed by atoms with Crippen molar-refractivity contribution in [3.63, 3.8) is 0 Å². The van der Waals surface area contributed by atoms with Crippen molar-refractivity contribution < 1.29 is 14.3 Å². The van der Waals surface area contributed by atoms with E-state index < -0.39 is 16.0 Å². The van der Waals surface area contributed by atoms with Gasteiger partial charge < -0.3 is 14.5 Å². The zero-order valence-corrected chi connectivity index (χ0v) is 23.3. The molecule has 0 amide bonds. The first-order valence-electron chi connectivity index (χ1n) is 12.1. The minimum Gasteiger partial charge on any atom is -0.422 e. The molecule has 5 nitrogen and oxygen atoms in total. The van der Waals surface area contributed by atoms with Crippen LogP contribution in [-0.2, 0) is 6.42 Å². The number of Topliss-reactive ketones (excluding diaryl/α,β-unsaturated/α-hetero) is 1. The second kappa shape index (κ2) is 9.66. The molecule has 0 aromatic heterocycles. The molecule has 1 heterocycles. The summed E-state index contributed by atoms with van der Waals surface area (Å²) in [6, 6.07) is 18.0. The number of carbonyl (C=O) groups is 2. The van der Waals surface area contributed by atoms with Gasteiger partial charge in [0.1, 0.15) is 5.75 Å². The van der Waals surface area contributed by atoms with Gasteiger partial charge >= 0.3 is 5.97 Å². The molecule has 36 heavy (non-hydrogen) atoms. The maximum atomic E-state index is 13.5. The van der Waals surface area contributed by atoms with Crippen LogP contribution in [0.15, 0.2) is 64.4 Å². The zero-order chi connectivity index (χ0) is 26.4. The van der Waals surface area contributed by atoms with E-state index in [9.17, 15) is 9.59 Å². The van der Waals surface area contributed by atoms with E-state index >= 15 is 0 Å². The van der Waals surface area contributed by atoms with Gasteiger partial charge in [0, 0.05) is 55.9 Å². The summed E-state index contributed by atoms with van der Waals surface area (Å²) in [5, 5.41) is 0. The molecule has 0 bridgehead atoms. The Morgan fingerprint density at radius 2 is 1.44 bits per heavy atom. The molecule has 0 aliphatic carbocycles. The maximum absolute atomic E-state index is 13.5. The molecule has 0 atom stereocenters. The van der Waals surface area contributed by atoms with Crippen LogP contribution in [0.25, 0.3) is 0 Å². The van der Waals surface area contributed by atoms with Gasteiger partial charge in [-0.15, -0.1) is 0 Å². The SMILES string of the molecule is CC(C)C(=O)c1ccc2c(c1)Cc1ccc(N(C)C)cc1S(C)(C)c1cc(N(C)C)ccc1OC2=O. The molecule has 0 N–H and O–H groups in total. The highest BCUT2D eigenvalue weighted by Crippen LogP contribution is 2.62. The number of ether oxygens (including phenoxy) is 1. The average molecular weight is 505 g/mol. The quantitative estimate of drug-likeness (QED) is 0.238. The molecule has 190 valence electrons. The van der Waals surface area contributed by atoms with E-state index in [4.69, 9.17) is 4.74 Å². The van der Waals surface area contributed by atoms with Crippen molar-refractivity contribution in [3.05, 3.63) is 76.9 Å². The summed E-state index contributed by atoms with van der Waals surface area (Å²) in [7, 11) is 6.54. The number of fused-ring (bicyclic) bond motifs is 3. The second-order valence-corrected chi connectivity index (χ2v) is 14.0. The molecule has 4 rings (SSSR count). The summed E-state index contributed by atoms with van der Waals surface area (Å²) in [5.74, 6) is 0.141. The Kier molecular flexibility index (Phi) is 6.93. The number of ketones is 1. The zero-order valence-electron chi connectivity index (χ0n) is 22.5. The molecule has 0 spiro atoms. The average Bonchev–Trinajstić information content (AvgIpc) is 2.82. The molecular formula is C30H36N2O3S. The van der Waals surface area contributed by atoms with Crippen molar-refractivity contribution in [1.29, 1.82) is 0 Å². The van der Waals surface area contributed by atoms with E-state index in [0.29, 0.717) is 23.3 Å². The number of esters is 1. The van der Waals surface area contributed by atoms with E-state index in [1.807, 2.05) is 60.2 Å². The molecule has 0 saturated carbocycles. The molecule has 6 heteroatoms. The van der Waals surface area contributed by atoms with Crippen LogP contribution in [0, 0.1) is 5.92 Å². The van der Waals surface area contributed by atoms with Crippen LogP contribution in [0.3, 0.4) is 0 Å². The second-order valence-electron chi connectivity index (χ2n) is 10.5. The first kappa shape index (κ1) is 25.8. The summed E-state index contributed by atoms with van der Waals surface area (Å²) in [4.78, 5) is 32.7. The molecule has 3 aromatic rings. The van der Waals surface area contributed by atoms with Gasteiger partial charge in [0.15, 0.2) is 5.78 Å². The molecule has 0 saturated heterocycles. The normalized spacial score (nSPS) is 15.2. The van der Waals surface area contributed by atoms with Crippen molar-refractivity contribution in [2.24, 2.45) is 5.92 Å². The topological polar surface area (TPSA) is 49.9 Å². The minimum absolute atomic E-state index is 0.0685. The lowest BCUT2D eigenvalue weighted by molar-refractivity contribution is 0.0728. The van der Waals surface area contributed by atoms with Crippen molar-refractivity contribution in [2.75, 3.05) is 50.5 Å². The van der Waals surface area contributed by atoms with Crippen LogP contribution in [0.4, 0.5) is 11.4 Å². The fraction of sp³-hybridized carbons (Fsp3) is 0.333. The Morgan fingerprint density at radius 1 is 0.833 bits per heavy atom. The van der Waals surface area contributed by atoms with Crippen molar-refractivity contribution >= 4 is 33.2 Å². The molecule has 1 aliphatic heterocycles. The standard InChI is InChI=1S/C30H36N2O3S/c1-19(2)29(33)21-10-13-25-22(16-21)15-20-9-11-23(31(3)4)17-27(20)36(7,8)28-18-24(32(5)6)12-14-26(28)35-30(25)34/h9-14,16-19H,15H2,1-8H3. The highest BCUT2D eigenvalue weighted by atomic mass is 32.3. The third kappa shape index (κ3) is 4.74. The van der Waals surface area contributed by atoms with Crippen LogP contribution in [-0.4, -0.2) is 52.5 Å². The molecule has 0 fully saturated rings. The lowest BCUT2D eigenvalue weighted by Gasteiger charge is -2.37. The molecule has 0 radical (unpaired) electrons. The molecule has 0 unspecified atom stereocenters. The summed E-state index contributed by atoms with van der Waals surface area (Å²) in [6.07, 6.45) is 5.07. The highest BCUT2D eigenvalue weighted by Gasteiger charge is 2.30. The van der Waals surface area contributed by atoms with E-state index in [1.54, 1.807) is 12.1 Å². The Hall–Kier alpha value is -3.25. The molecular weight excluding hydrogens is 468 g/mol. The van der Waals surface area contributed by atoms with Gasteiger partial charge in [-0.3, -0.25) is 4.79 Å². The highest BCUT2D eigenvalue weighted by molar-refractivity contribution is 8.32. The van der Waals surface area contributed by atoms with Gasteiger partial charge in [-0.05, 0) is 77.4 Å². The van der Waals surface area contributed by atoms with Crippen LogP contribution < -0.4 is 14.5 Å². The Balaban J connectivity index is 2.01. The maximum Gasteiger partial charge on any atom is 0.343 e. The third-order valence-electron chi connectivity index (χ3n) is 6.83. The third-order valence-corrected chi connectivity index (χ3v) is 9.73. The van der Waals surface area contributed by atoms with E-state index in [0.717, 1.165) is 27.4 Å². The number of nitrogens with zero attached hydrogens (tertiary/aromatic N) is 2. The fourth-order valence-corrected chi connectivity index (χ4v) is 7.08. The van der Waals surface area contributed by atoms with Gasteiger partial charge in [0.25, 0.3) is 0 Å². The van der Waals surface area contributed by atoms with Crippen molar-refractivity contribution in [2.45, 2.75) is 30.1 Å². The lowest BCUT2D eigenvalue weighted by Crippen LogP contribution is -2.18. The van der Waals surface area contributed by atoms with Gasteiger partial charge in [-0.1, -0.05) is 26.0 Å². The van der Waals surface area contributed by atoms with Gasteiger partial charge in [-0.2, -0.15) is 10.0 Å². The molecule has 3 aromatic carbocycles. The Bertz CT molecular complexity index is 1340. The summed E-state index contributed by atoms with van der Waals surface area (Å²) in [6.45, 7) is 3.79. The lowest BCUT2D eigenvalue weighted by atomic mass is 9.93. The minimum atomic E-state index is -1.58. The number of hydrogen-bond acceptors (Lipinski definition) is 5. The smallest absolute Gasteiger partial charge is 0.343 e.